The van der Waals surface area contributed by atoms with Crippen molar-refractivity contribution >= 4 is 45.6 Å². The van der Waals surface area contributed by atoms with Gasteiger partial charge in [0.1, 0.15) is 6.23 Å². The predicted molar refractivity (Wildman–Crippen MR) is 28.1 cm³/mol. The third-order valence-corrected chi connectivity index (χ3v) is 0.886. The van der Waals surface area contributed by atoms with Crippen molar-refractivity contribution in [2.45, 2.75) is 13.2 Å². The number of phosphoric acid groups is 1. The first-order valence-electron chi connectivity index (χ1n) is 1.88. The minimum Gasteiger partial charge on any atom is -0.790 e. The molecule has 1 atom stereocenters. The molecule has 0 amide bonds. The Hall–Kier alpha value is 1.33. The van der Waals surface area contributed by atoms with Crippen molar-refractivity contribution < 1.29 is 18.9 Å². The minimum atomic E-state index is -4.85. The Morgan fingerprint density at radius 1 is 1.67 bits per heavy atom. The van der Waals surface area contributed by atoms with Crippen LogP contribution in [-0.4, -0.2) is 44.0 Å². The Balaban J connectivity index is 0. The third-order valence-electron chi connectivity index (χ3n) is 0.295. The summed E-state index contributed by atoms with van der Waals surface area (Å²) in [6.45, 7) is 1.25. The van der Waals surface area contributed by atoms with Crippen LogP contribution >= 0.6 is 7.82 Å². The van der Waals surface area contributed by atoms with Crippen LogP contribution in [0.4, 0.5) is 0 Å². The summed E-state index contributed by atoms with van der Waals surface area (Å²) in [4.78, 5) is 19.2. The van der Waals surface area contributed by atoms with Crippen LogP contribution in [0.25, 0.3) is 0 Å². The van der Waals surface area contributed by atoms with E-state index in [1.165, 1.54) is 6.92 Å². The SMILES string of the molecule is CC(N)OP(=O)([O-])[O-].[Ca+2]. The van der Waals surface area contributed by atoms with Crippen LogP contribution in [0.5, 0.6) is 0 Å². The van der Waals surface area contributed by atoms with Crippen LogP contribution in [0.1, 0.15) is 6.92 Å². The number of hydrogen-bond acceptors (Lipinski definition) is 5. The molecule has 0 rings (SSSR count). The van der Waals surface area contributed by atoms with Crippen molar-refractivity contribution in [2.24, 2.45) is 5.73 Å². The maximum atomic E-state index is 9.61. The van der Waals surface area contributed by atoms with Gasteiger partial charge >= 0.3 is 37.7 Å². The second-order valence-corrected chi connectivity index (χ2v) is 2.36. The summed E-state index contributed by atoms with van der Waals surface area (Å²) >= 11 is 0. The zero-order valence-electron chi connectivity index (χ0n) is 4.94. The van der Waals surface area contributed by atoms with Gasteiger partial charge in [-0.3, -0.25) is 0 Å². The van der Waals surface area contributed by atoms with Crippen molar-refractivity contribution in [3.63, 3.8) is 0 Å². The molecule has 5 nitrogen and oxygen atoms in total. The van der Waals surface area contributed by atoms with Gasteiger partial charge in [-0.05, 0) is 6.92 Å². The maximum Gasteiger partial charge on any atom is 2.00 e. The summed E-state index contributed by atoms with van der Waals surface area (Å²) in [5.74, 6) is 0. The van der Waals surface area contributed by atoms with E-state index >= 15 is 0 Å². The molecular formula is C2H6CaNO4P. The fourth-order valence-electron chi connectivity index (χ4n) is 0.204. The molecule has 0 radical (unpaired) electrons. The smallest absolute Gasteiger partial charge is 0.790 e. The van der Waals surface area contributed by atoms with E-state index in [0.29, 0.717) is 0 Å². The van der Waals surface area contributed by atoms with Gasteiger partial charge in [0.05, 0.1) is 7.82 Å². The second kappa shape index (κ2) is 5.04. The van der Waals surface area contributed by atoms with Crippen LogP contribution in [-0.2, 0) is 9.09 Å². The van der Waals surface area contributed by atoms with Crippen molar-refractivity contribution in [2.75, 3.05) is 0 Å². The second-order valence-electron chi connectivity index (χ2n) is 1.26. The van der Waals surface area contributed by atoms with Gasteiger partial charge in [0.25, 0.3) is 0 Å². The van der Waals surface area contributed by atoms with Crippen molar-refractivity contribution in [1.82, 2.24) is 0 Å². The van der Waals surface area contributed by atoms with Gasteiger partial charge in [0, 0.05) is 0 Å². The summed E-state index contributed by atoms with van der Waals surface area (Å²) < 4.78 is 13.3. The maximum absolute atomic E-state index is 9.61. The standard InChI is InChI=1S/C2H8NO4P.Ca/c1-2(3)7-8(4,5)6;/h2H,3H2,1H3,(H2,4,5,6);/q;+2/p-2. The Morgan fingerprint density at radius 2 is 2.00 bits per heavy atom. The molecule has 50 valence electrons. The van der Waals surface area contributed by atoms with E-state index in [1.807, 2.05) is 0 Å². The van der Waals surface area contributed by atoms with E-state index in [1.54, 1.807) is 0 Å². The van der Waals surface area contributed by atoms with Crippen molar-refractivity contribution in [3.8, 4) is 0 Å². The zero-order valence-corrected chi connectivity index (χ0v) is 8.04. The first kappa shape index (κ1) is 13.0. The van der Waals surface area contributed by atoms with E-state index in [0.717, 1.165) is 0 Å². The fourth-order valence-corrected chi connectivity index (χ4v) is 0.611. The molecule has 0 aliphatic heterocycles. The molecule has 0 saturated carbocycles. The molecule has 9 heavy (non-hydrogen) atoms. The number of phosphoric ester groups is 1. The first-order chi connectivity index (χ1) is 3.42. The summed E-state index contributed by atoms with van der Waals surface area (Å²) in [5.41, 5.74) is 4.78. The van der Waals surface area contributed by atoms with E-state index in [4.69, 9.17) is 5.73 Å². The molecule has 0 aliphatic carbocycles. The van der Waals surface area contributed by atoms with Gasteiger partial charge in [0.15, 0.2) is 0 Å². The number of hydrogen-bond donors (Lipinski definition) is 1. The van der Waals surface area contributed by atoms with Crippen LogP contribution in [0, 0.1) is 0 Å². The van der Waals surface area contributed by atoms with Gasteiger partial charge in [-0.1, -0.05) is 0 Å². The Kier molecular flexibility index (Phi) is 7.26. The molecule has 2 N–H and O–H groups in total. The largest absolute Gasteiger partial charge is 2.00 e. The average molecular weight is 179 g/mol. The summed E-state index contributed by atoms with van der Waals surface area (Å²) in [6, 6.07) is 0. The van der Waals surface area contributed by atoms with E-state index < -0.39 is 14.1 Å². The Bertz CT molecular complexity index is 111. The molecule has 0 heterocycles. The van der Waals surface area contributed by atoms with Crippen LogP contribution < -0.4 is 15.5 Å². The molecule has 0 aliphatic rings. The molecule has 0 saturated heterocycles. The monoisotopic (exact) mass is 179 g/mol. The molecule has 0 aromatic heterocycles. The first-order valence-corrected chi connectivity index (χ1v) is 3.34. The molecule has 0 aromatic carbocycles. The third kappa shape index (κ3) is 12.5. The average Bonchev–Trinajstić information content (AvgIpc) is 1.21. The van der Waals surface area contributed by atoms with Gasteiger partial charge in [-0.25, -0.2) is 0 Å². The minimum absolute atomic E-state index is 0. The van der Waals surface area contributed by atoms with Crippen LogP contribution in [0.15, 0.2) is 0 Å². The Labute approximate surface area is 82.8 Å². The molecule has 0 spiro atoms. The summed E-state index contributed by atoms with van der Waals surface area (Å²) in [5, 5.41) is 0. The molecule has 0 bridgehead atoms. The number of rotatable bonds is 2. The van der Waals surface area contributed by atoms with E-state index in [-0.39, 0.29) is 37.7 Å². The predicted octanol–water partition coefficient (Wildman–Crippen LogP) is -2.24. The Morgan fingerprint density at radius 3 is 2.00 bits per heavy atom. The molecular weight excluding hydrogens is 173 g/mol. The van der Waals surface area contributed by atoms with Crippen molar-refractivity contribution in [3.05, 3.63) is 0 Å². The summed E-state index contributed by atoms with van der Waals surface area (Å²) in [7, 11) is -4.85. The fraction of sp³-hybridized carbons (Fsp3) is 1.00. The van der Waals surface area contributed by atoms with E-state index in [2.05, 4.69) is 4.52 Å². The topological polar surface area (TPSA) is 98.4 Å². The zero-order chi connectivity index (χ0) is 6.78. The van der Waals surface area contributed by atoms with Gasteiger partial charge in [-0.2, -0.15) is 0 Å². The van der Waals surface area contributed by atoms with Gasteiger partial charge in [0.2, 0.25) is 0 Å². The molecule has 0 aromatic rings. The van der Waals surface area contributed by atoms with Crippen molar-refractivity contribution in [1.29, 1.82) is 0 Å². The van der Waals surface area contributed by atoms with Crippen LogP contribution in [0.2, 0.25) is 0 Å². The molecule has 0 fully saturated rings. The quantitative estimate of drug-likeness (QED) is 0.293. The molecule has 7 heteroatoms. The van der Waals surface area contributed by atoms with Gasteiger partial charge in [-0.15, -0.1) is 0 Å². The van der Waals surface area contributed by atoms with E-state index in [9.17, 15) is 14.4 Å². The number of nitrogens with two attached hydrogens (primary N) is 1. The molecule has 1 unspecified atom stereocenters. The normalized spacial score (nSPS) is 14.2. The summed E-state index contributed by atoms with van der Waals surface area (Å²) in [6.07, 6.45) is -1.05. The van der Waals surface area contributed by atoms with Gasteiger partial charge < -0.3 is 24.6 Å². The van der Waals surface area contributed by atoms with Crippen LogP contribution in [0.3, 0.4) is 0 Å².